The molecule has 19 heavy (non-hydrogen) atoms. The second-order valence-corrected chi connectivity index (χ2v) is 5.60. The summed E-state index contributed by atoms with van der Waals surface area (Å²) < 4.78 is 0. The van der Waals surface area contributed by atoms with Crippen LogP contribution in [-0.4, -0.2) is 5.71 Å². The highest BCUT2D eigenvalue weighted by Crippen LogP contribution is 2.32. The van der Waals surface area contributed by atoms with E-state index in [-0.39, 0.29) is 0 Å². The number of nitrogens with zero attached hydrogens (tertiary/aromatic N) is 1. The third-order valence-corrected chi connectivity index (χ3v) is 4.10. The van der Waals surface area contributed by atoms with Crippen molar-refractivity contribution in [3.05, 3.63) is 59.8 Å². The molecule has 0 aromatic heterocycles. The lowest BCUT2D eigenvalue weighted by atomic mass is 9.83. The molecular weight excluding hydrogens is 230 g/mol. The molecule has 0 fully saturated rings. The average Bonchev–Trinajstić information content (AvgIpc) is 2.48. The summed E-state index contributed by atoms with van der Waals surface area (Å²) in [6.45, 7) is 2.13. The van der Waals surface area contributed by atoms with E-state index in [9.17, 15) is 0 Å². The van der Waals surface area contributed by atoms with Crippen LogP contribution in [0.2, 0.25) is 0 Å². The highest BCUT2D eigenvalue weighted by Gasteiger charge is 2.22. The van der Waals surface area contributed by atoms with Crippen LogP contribution in [0.5, 0.6) is 0 Å². The Balaban J connectivity index is 1.83. The van der Waals surface area contributed by atoms with E-state index in [4.69, 9.17) is 4.99 Å². The normalized spacial score (nSPS) is 26.8. The van der Waals surface area contributed by atoms with Gasteiger partial charge in [0, 0.05) is 23.2 Å². The van der Waals surface area contributed by atoms with Crippen molar-refractivity contribution in [1.82, 2.24) is 0 Å². The molecular formula is C18H21N. The molecule has 1 nitrogen and oxygen atoms in total. The van der Waals surface area contributed by atoms with E-state index in [1.165, 1.54) is 36.2 Å². The fraction of sp³-hybridized carbons (Fsp3) is 0.389. The highest BCUT2D eigenvalue weighted by molar-refractivity contribution is 5.91. The summed E-state index contributed by atoms with van der Waals surface area (Å²) in [7, 11) is 0. The van der Waals surface area contributed by atoms with E-state index < -0.39 is 0 Å². The van der Waals surface area contributed by atoms with Crippen molar-refractivity contribution in [2.24, 2.45) is 10.9 Å². The first-order valence-corrected chi connectivity index (χ1v) is 7.30. The van der Waals surface area contributed by atoms with Crippen LogP contribution in [0, 0.1) is 5.92 Å². The Morgan fingerprint density at radius 3 is 2.68 bits per heavy atom. The Kier molecular flexibility index (Phi) is 3.63. The predicted molar refractivity (Wildman–Crippen MR) is 81.5 cm³/mol. The Bertz CT molecular complexity index is 522. The van der Waals surface area contributed by atoms with E-state index in [1.807, 2.05) is 0 Å². The van der Waals surface area contributed by atoms with Crippen molar-refractivity contribution in [1.29, 1.82) is 0 Å². The van der Waals surface area contributed by atoms with Gasteiger partial charge in [0.2, 0.25) is 0 Å². The number of hydrogen-bond acceptors (Lipinski definition) is 1. The van der Waals surface area contributed by atoms with Crippen LogP contribution in [0.1, 0.15) is 44.1 Å². The highest BCUT2D eigenvalue weighted by atomic mass is 14.8. The SMILES string of the molecule is CC1=CC(c2ccccc2)CC(C2C=CCCC2)=N1. The Morgan fingerprint density at radius 2 is 1.95 bits per heavy atom. The fourth-order valence-corrected chi connectivity index (χ4v) is 3.12. The Labute approximate surface area is 115 Å². The quantitative estimate of drug-likeness (QED) is 0.665. The lowest BCUT2D eigenvalue weighted by Crippen LogP contribution is -2.20. The molecule has 1 aliphatic heterocycles. The number of benzene rings is 1. The second-order valence-electron chi connectivity index (χ2n) is 5.60. The summed E-state index contributed by atoms with van der Waals surface area (Å²) in [5, 5.41) is 0. The molecule has 1 heterocycles. The first kappa shape index (κ1) is 12.4. The Morgan fingerprint density at radius 1 is 1.11 bits per heavy atom. The fourth-order valence-electron chi connectivity index (χ4n) is 3.12. The van der Waals surface area contributed by atoms with Crippen molar-refractivity contribution < 1.29 is 0 Å². The third kappa shape index (κ3) is 2.86. The monoisotopic (exact) mass is 251 g/mol. The number of aliphatic imine (C=N–C) groups is 1. The zero-order valence-electron chi connectivity index (χ0n) is 11.5. The van der Waals surface area contributed by atoms with Crippen LogP contribution in [-0.2, 0) is 0 Å². The average molecular weight is 251 g/mol. The number of hydrogen-bond donors (Lipinski definition) is 0. The number of rotatable bonds is 2. The van der Waals surface area contributed by atoms with Crippen LogP contribution < -0.4 is 0 Å². The molecule has 0 spiro atoms. The minimum absolute atomic E-state index is 0.504. The van der Waals surface area contributed by atoms with Crippen LogP contribution in [0.15, 0.2) is 59.2 Å². The maximum Gasteiger partial charge on any atom is 0.0338 e. The molecule has 1 aliphatic carbocycles. The molecule has 1 aromatic rings. The Hall–Kier alpha value is -1.63. The zero-order valence-corrected chi connectivity index (χ0v) is 11.5. The largest absolute Gasteiger partial charge is 0.262 e. The molecule has 98 valence electrons. The molecule has 0 N–H and O–H groups in total. The van der Waals surface area contributed by atoms with Gasteiger partial charge in [0.25, 0.3) is 0 Å². The van der Waals surface area contributed by atoms with E-state index in [0.717, 1.165) is 6.42 Å². The van der Waals surface area contributed by atoms with Gasteiger partial charge >= 0.3 is 0 Å². The van der Waals surface area contributed by atoms with Gasteiger partial charge in [-0.1, -0.05) is 48.6 Å². The minimum Gasteiger partial charge on any atom is -0.262 e. The number of allylic oxidation sites excluding steroid dienone is 4. The van der Waals surface area contributed by atoms with Crippen LogP contribution in [0.3, 0.4) is 0 Å². The van der Waals surface area contributed by atoms with E-state index >= 15 is 0 Å². The summed E-state index contributed by atoms with van der Waals surface area (Å²) in [5.41, 5.74) is 3.97. The van der Waals surface area contributed by atoms with Gasteiger partial charge in [-0.3, -0.25) is 4.99 Å². The second kappa shape index (κ2) is 5.56. The molecule has 0 saturated carbocycles. The lowest BCUT2D eigenvalue weighted by Gasteiger charge is -2.25. The van der Waals surface area contributed by atoms with Gasteiger partial charge < -0.3 is 0 Å². The molecule has 0 radical (unpaired) electrons. The first-order valence-electron chi connectivity index (χ1n) is 7.30. The molecule has 2 atom stereocenters. The predicted octanol–water partition coefficient (Wildman–Crippen LogP) is 4.88. The molecule has 0 saturated heterocycles. The van der Waals surface area contributed by atoms with Crippen molar-refractivity contribution in [3.63, 3.8) is 0 Å². The van der Waals surface area contributed by atoms with Crippen molar-refractivity contribution >= 4 is 5.71 Å². The maximum atomic E-state index is 4.81. The third-order valence-electron chi connectivity index (χ3n) is 4.10. The van der Waals surface area contributed by atoms with Gasteiger partial charge in [0.15, 0.2) is 0 Å². The molecule has 3 rings (SSSR count). The van der Waals surface area contributed by atoms with Gasteiger partial charge in [0.05, 0.1) is 0 Å². The maximum absolute atomic E-state index is 4.81. The molecule has 2 aliphatic rings. The summed E-state index contributed by atoms with van der Waals surface area (Å²) in [4.78, 5) is 4.81. The van der Waals surface area contributed by atoms with E-state index in [1.54, 1.807) is 0 Å². The lowest BCUT2D eigenvalue weighted by molar-refractivity contribution is 0.637. The smallest absolute Gasteiger partial charge is 0.0338 e. The molecule has 0 bridgehead atoms. The van der Waals surface area contributed by atoms with Crippen molar-refractivity contribution in [2.45, 2.75) is 38.5 Å². The molecule has 1 heteroatoms. The van der Waals surface area contributed by atoms with Gasteiger partial charge in [-0.2, -0.15) is 0 Å². The van der Waals surface area contributed by atoms with Gasteiger partial charge in [-0.25, -0.2) is 0 Å². The summed E-state index contributed by atoms with van der Waals surface area (Å²) in [5.74, 6) is 1.08. The summed E-state index contributed by atoms with van der Waals surface area (Å²) >= 11 is 0. The first-order chi connectivity index (χ1) is 9.33. The van der Waals surface area contributed by atoms with Crippen LogP contribution in [0.25, 0.3) is 0 Å². The van der Waals surface area contributed by atoms with E-state index in [0.29, 0.717) is 11.8 Å². The van der Waals surface area contributed by atoms with Gasteiger partial charge in [-0.15, -0.1) is 0 Å². The molecule has 0 amide bonds. The summed E-state index contributed by atoms with van der Waals surface area (Å²) in [6, 6.07) is 10.8. The standard InChI is InChI=1S/C18H21N/c1-14-12-17(15-8-4-2-5-9-15)13-18(19-14)16-10-6-3-7-11-16/h2,4-6,8-10,12,16-17H,3,7,11,13H2,1H3. The van der Waals surface area contributed by atoms with Crippen molar-refractivity contribution in [2.75, 3.05) is 0 Å². The van der Waals surface area contributed by atoms with Crippen LogP contribution >= 0.6 is 0 Å². The molecule has 1 aromatic carbocycles. The topological polar surface area (TPSA) is 12.4 Å². The summed E-state index contributed by atoms with van der Waals surface area (Å²) in [6.07, 6.45) is 11.9. The van der Waals surface area contributed by atoms with Crippen LogP contribution in [0.4, 0.5) is 0 Å². The minimum atomic E-state index is 0.504. The van der Waals surface area contributed by atoms with Gasteiger partial charge in [0.1, 0.15) is 0 Å². The zero-order chi connectivity index (χ0) is 13.1. The van der Waals surface area contributed by atoms with Gasteiger partial charge in [-0.05, 0) is 38.2 Å². The molecule has 2 unspecified atom stereocenters. The van der Waals surface area contributed by atoms with E-state index in [2.05, 4.69) is 55.5 Å². The van der Waals surface area contributed by atoms with Crippen molar-refractivity contribution in [3.8, 4) is 0 Å².